The molecule has 1 heterocycles. The van der Waals surface area contributed by atoms with Gasteiger partial charge in [-0.3, -0.25) is 0 Å². The van der Waals surface area contributed by atoms with Crippen molar-refractivity contribution in [1.82, 2.24) is 9.97 Å². The molecule has 1 radical (unpaired) electrons. The second-order valence-corrected chi connectivity index (χ2v) is 19.9. The van der Waals surface area contributed by atoms with E-state index in [-0.39, 0.29) is 0 Å². The maximum Gasteiger partial charge on any atom is 0.198 e. The van der Waals surface area contributed by atoms with Crippen molar-refractivity contribution in [3.05, 3.63) is 23.3 Å². The zero-order chi connectivity index (χ0) is 42.9. The molecule has 0 aliphatic carbocycles. The molecule has 0 amide bonds. The fourth-order valence-corrected chi connectivity index (χ4v) is 9.68. The average Bonchev–Trinajstić information content (AvgIpc) is 3.26. The molecule has 1 rings (SSSR count). The van der Waals surface area contributed by atoms with Crippen LogP contribution in [0.25, 0.3) is 0 Å². The van der Waals surface area contributed by atoms with E-state index in [1.165, 1.54) is 332 Å². The zero-order valence-corrected chi connectivity index (χ0v) is 42.0. The number of rotatable bonds is 51. The summed E-state index contributed by atoms with van der Waals surface area (Å²) in [4.78, 5) is 9.65. The maximum atomic E-state index is 4.83. The quantitative estimate of drug-likeness (QED) is 0.0611. The normalized spacial score (nSPS) is 11.7. The molecule has 0 saturated carbocycles. The topological polar surface area (TPSA) is 25.8 Å². The van der Waals surface area contributed by atoms with Gasteiger partial charge in [-0.05, 0) is 44.1 Å². The van der Waals surface area contributed by atoms with Crippen LogP contribution in [0.2, 0.25) is 0 Å². The first-order chi connectivity index (χ1) is 29.8. The second-order valence-electron chi connectivity index (χ2n) is 19.9. The Bertz CT molecular complexity index is 886. The van der Waals surface area contributed by atoms with Crippen molar-refractivity contribution in [2.45, 2.75) is 348 Å². The molecule has 60 heavy (non-hydrogen) atoms. The Labute approximate surface area is 380 Å². The molecule has 0 fully saturated rings. The van der Waals surface area contributed by atoms with Gasteiger partial charge in [0.2, 0.25) is 0 Å². The van der Waals surface area contributed by atoms with Crippen LogP contribution < -0.4 is 0 Å². The lowest BCUT2D eigenvalue weighted by Gasteiger charge is -2.13. The Kier molecular flexibility index (Phi) is 46.7. The molecule has 2 nitrogen and oxygen atoms in total. The summed E-state index contributed by atoms with van der Waals surface area (Å²) in [5.74, 6) is 0. The molecule has 0 spiro atoms. The second kappa shape index (κ2) is 49.1. The largest absolute Gasteiger partial charge is 0.230 e. The molecule has 0 saturated heterocycles. The van der Waals surface area contributed by atoms with E-state index in [9.17, 15) is 0 Å². The summed E-state index contributed by atoms with van der Waals surface area (Å²) in [6.45, 7) is 6.94. The van der Waals surface area contributed by atoms with E-state index in [1.807, 2.05) is 0 Å². The van der Waals surface area contributed by atoms with Crippen LogP contribution in [0, 0.1) is 6.33 Å². The van der Waals surface area contributed by atoms with Crippen molar-refractivity contribution < 1.29 is 0 Å². The lowest BCUT2D eigenvalue weighted by atomic mass is 9.96. The molecule has 0 aliphatic heterocycles. The van der Waals surface area contributed by atoms with Gasteiger partial charge in [0.1, 0.15) is 0 Å². The van der Waals surface area contributed by atoms with E-state index in [0.29, 0.717) is 0 Å². The number of nitrogens with zero attached hydrogens (tertiary/aromatic N) is 2. The standard InChI is InChI=1S/C58H111N2/c1-4-7-10-13-16-19-22-25-28-31-34-37-40-43-46-49-52-56-57(53-50-47-44-41-38-35-32-29-26-23-20-17-14-11-8-5-2)59-55-60-58(56)54-51-48-45-42-39-36-33-30-27-24-21-18-15-12-9-6-3/h4-54H2,1-3H3. The molecule has 1 aromatic heterocycles. The highest BCUT2D eigenvalue weighted by molar-refractivity contribution is 5.25. The van der Waals surface area contributed by atoms with E-state index in [2.05, 4.69) is 27.1 Å². The molecule has 0 bridgehead atoms. The van der Waals surface area contributed by atoms with Crippen LogP contribution in [-0.4, -0.2) is 9.97 Å². The molecule has 1 aromatic rings. The van der Waals surface area contributed by atoms with Crippen molar-refractivity contribution in [1.29, 1.82) is 0 Å². The van der Waals surface area contributed by atoms with Gasteiger partial charge in [-0.2, -0.15) is 0 Å². The molecular formula is C58H111N2. The predicted molar refractivity (Wildman–Crippen MR) is 271 cm³/mol. The maximum absolute atomic E-state index is 4.83. The Morgan fingerprint density at radius 1 is 0.217 bits per heavy atom. The highest BCUT2D eigenvalue weighted by Gasteiger charge is 2.12. The number of aryl methyl sites for hydroxylation is 2. The third-order valence-corrected chi connectivity index (χ3v) is 13.9. The summed E-state index contributed by atoms with van der Waals surface area (Å²) in [5.41, 5.74) is 4.23. The van der Waals surface area contributed by atoms with Gasteiger partial charge < -0.3 is 0 Å². The Morgan fingerprint density at radius 3 is 0.583 bits per heavy atom. The fraction of sp³-hybridized carbons (Fsp3) is 0.931. The number of hydrogen-bond donors (Lipinski definition) is 0. The Morgan fingerprint density at radius 2 is 0.383 bits per heavy atom. The number of hydrogen-bond acceptors (Lipinski definition) is 2. The highest BCUT2D eigenvalue weighted by Crippen LogP contribution is 2.22. The first-order valence-electron chi connectivity index (χ1n) is 28.6. The molecule has 2 heteroatoms. The lowest BCUT2D eigenvalue weighted by Crippen LogP contribution is -2.07. The first kappa shape index (κ1) is 57.1. The molecule has 0 unspecified atom stereocenters. The van der Waals surface area contributed by atoms with Crippen molar-refractivity contribution in [3.8, 4) is 0 Å². The van der Waals surface area contributed by atoms with Gasteiger partial charge >= 0.3 is 0 Å². The van der Waals surface area contributed by atoms with Crippen LogP contribution >= 0.6 is 0 Å². The minimum atomic E-state index is 1.14. The van der Waals surface area contributed by atoms with E-state index in [1.54, 1.807) is 0 Å². The van der Waals surface area contributed by atoms with E-state index in [0.717, 1.165) is 12.8 Å². The van der Waals surface area contributed by atoms with Gasteiger partial charge in [-0.15, -0.1) is 0 Å². The van der Waals surface area contributed by atoms with Gasteiger partial charge in [0, 0.05) is 11.4 Å². The summed E-state index contributed by atoms with van der Waals surface area (Å²) < 4.78 is 0. The van der Waals surface area contributed by atoms with Gasteiger partial charge in [0.05, 0.1) is 0 Å². The summed E-state index contributed by atoms with van der Waals surface area (Å²) in [5, 5.41) is 0. The van der Waals surface area contributed by atoms with Gasteiger partial charge in [-0.1, -0.05) is 310 Å². The van der Waals surface area contributed by atoms with Crippen molar-refractivity contribution >= 4 is 0 Å². The van der Waals surface area contributed by atoms with Gasteiger partial charge in [0.15, 0.2) is 6.33 Å². The summed E-state index contributed by atoms with van der Waals surface area (Å²) in [6, 6.07) is 0. The Hall–Kier alpha value is -0.920. The van der Waals surface area contributed by atoms with Crippen molar-refractivity contribution in [2.24, 2.45) is 0 Å². The van der Waals surface area contributed by atoms with E-state index < -0.39 is 0 Å². The third-order valence-electron chi connectivity index (χ3n) is 13.9. The summed E-state index contributed by atoms with van der Waals surface area (Å²) in [7, 11) is 0. The minimum Gasteiger partial charge on any atom is -0.230 e. The molecule has 0 aliphatic rings. The van der Waals surface area contributed by atoms with Crippen LogP contribution in [0.1, 0.15) is 346 Å². The monoisotopic (exact) mass is 836 g/mol. The van der Waals surface area contributed by atoms with Crippen molar-refractivity contribution in [3.63, 3.8) is 0 Å². The highest BCUT2D eigenvalue weighted by atomic mass is 14.8. The van der Waals surface area contributed by atoms with Crippen LogP contribution in [0.5, 0.6) is 0 Å². The zero-order valence-electron chi connectivity index (χ0n) is 42.0. The summed E-state index contributed by atoms with van der Waals surface area (Å²) in [6.07, 6.45) is 75.2. The van der Waals surface area contributed by atoms with Crippen LogP contribution in [-0.2, 0) is 19.3 Å². The fourth-order valence-electron chi connectivity index (χ4n) is 9.68. The molecule has 353 valence electrons. The van der Waals surface area contributed by atoms with Gasteiger partial charge in [0.25, 0.3) is 0 Å². The molecule has 0 N–H and O–H groups in total. The minimum absolute atomic E-state index is 1.14. The predicted octanol–water partition coefficient (Wildman–Crippen LogP) is 20.7. The molecule has 0 atom stereocenters. The average molecular weight is 837 g/mol. The van der Waals surface area contributed by atoms with Crippen LogP contribution in [0.3, 0.4) is 0 Å². The van der Waals surface area contributed by atoms with Crippen LogP contribution in [0.4, 0.5) is 0 Å². The van der Waals surface area contributed by atoms with Gasteiger partial charge in [-0.25, -0.2) is 9.97 Å². The first-order valence-corrected chi connectivity index (χ1v) is 28.6. The van der Waals surface area contributed by atoms with E-state index in [4.69, 9.17) is 9.97 Å². The van der Waals surface area contributed by atoms with Crippen molar-refractivity contribution in [2.75, 3.05) is 0 Å². The SMILES string of the molecule is CCCCCCCCCCCCCCCCCCc1n[c]nc(CCCCCCCCCCCCCCCCCC)c1CCCCCCCCCCCCCCCCCC. The number of unbranched alkanes of at least 4 members (excludes halogenated alkanes) is 45. The Balaban J connectivity index is 2.30. The third kappa shape index (κ3) is 39.9. The van der Waals surface area contributed by atoms with E-state index >= 15 is 0 Å². The molecule has 0 aromatic carbocycles. The molecular weight excluding hydrogens is 725 g/mol. The lowest BCUT2D eigenvalue weighted by molar-refractivity contribution is 0.526. The summed E-state index contributed by atoms with van der Waals surface area (Å²) >= 11 is 0. The van der Waals surface area contributed by atoms with Crippen LogP contribution in [0.15, 0.2) is 0 Å². The smallest absolute Gasteiger partial charge is 0.198 e. The number of aromatic nitrogens is 2.